The van der Waals surface area contributed by atoms with Crippen LogP contribution in [-0.2, 0) is 11.2 Å². The van der Waals surface area contributed by atoms with Crippen molar-refractivity contribution in [2.75, 3.05) is 0 Å². The number of aliphatic carboxylic acids is 1. The van der Waals surface area contributed by atoms with E-state index in [1.165, 1.54) is 0 Å². The largest absolute Gasteiger partial charge is 0.481 e. The fraction of sp³-hybridized carbons (Fsp3) is 0.684. The number of carboxylic acids is 1. The summed E-state index contributed by atoms with van der Waals surface area (Å²) in [6.45, 7) is 6.31. The molecule has 0 spiro atoms. The van der Waals surface area contributed by atoms with Crippen molar-refractivity contribution in [2.45, 2.75) is 71.4 Å². The molecular weight excluding hydrogens is 320 g/mol. The second kappa shape index (κ2) is 6.73. The Labute approximate surface area is 148 Å². The third-order valence-electron chi connectivity index (χ3n) is 5.45. The minimum atomic E-state index is -0.727. The summed E-state index contributed by atoms with van der Waals surface area (Å²) >= 11 is 0. The molecule has 138 valence electrons. The summed E-state index contributed by atoms with van der Waals surface area (Å²) in [5.41, 5.74) is 1.16. The van der Waals surface area contributed by atoms with Gasteiger partial charge in [0.15, 0.2) is 0 Å². The van der Waals surface area contributed by atoms with E-state index in [4.69, 9.17) is 9.52 Å². The van der Waals surface area contributed by atoms with E-state index in [1.54, 1.807) is 0 Å². The molecule has 0 aromatic carbocycles. The van der Waals surface area contributed by atoms with E-state index >= 15 is 0 Å². The van der Waals surface area contributed by atoms with E-state index in [0.717, 1.165) is 42.8 Å². The van der Waals surface area contributed by atoms with Gasteiger partial charge in [-0.25, -0.2) is 4.79 Å². The number of furan rings is 1. The number of carbonyl (C=O) groups is 2. The fourth-order valence-electron chi connectivity index (χ4n) is 4.18. The van der Waals surface area contributed by atoms with Crippen molar-refractivity contribution in [2.24, 2.45) is 11.3 Å². The van der Waals surface area contributed by atoms with Crippen LogP contribution < -0.4 is 10.6 Å². The van der Waals surface area contributed by atoms with Crippen molar-refractivity contribution in [3.8, 4) is 0 Å². The molecule has 0 aliphatic heterocycles. The van der Waals surface area contributed by atoms with Crippen LogP contribution >= 0.6 is 0 Å². The molecule has 0 bridgehead atoms. The summed E-state index contributed by atoms with van der Waals surface area (Å²) in [7, 11) is 0. The molecule has 1 fully saturated rings. The van der Waals surface area contributed by atoms with Crippen LogP contribution in [0.25, 0.3) is 0 Å². The van der Waals surface area contributed by atoms with Crippen LogP contribution in [0, 0.1) is 18.3 Å². The summed E-state index contributed by atoms with van der Waals surface area (Å²) in [5.74, 6) is 0.856. The Hall–Kier alpha value is -1.98. The molecule has 25 heavy (non-hydrogen) atoms. The monoisotopic (exact) mass is 348 g/mol. The van der Waals surface area contributed by atoms with E-state index in [1.807, 2.05) is 13.0 Å². The molecule has 1 aromatic rings. The third kappa shape index (κ3) is 4.17. The first-order chi connectivity index (χ1) is 11.7. The number of nitrogens with one attached hydrogen (secondary N) is 2. The lowest BCUT2D eigenvalue weighted by Gasteiger charge is -2.35. The first-order valence-corrected chi connectivity index (χ1v) is 9.12. The number of carboxylic acid groups (broad SMARTS) is 1. The molecule has 1 heterocycles. The highest BCUT2D eigenvalue weighted by Gasteiger charge is 2.36. The standard InChI is InChI=1S/C19H28N2O4/c1-11-8-14-15(9-19(2,3)10-16(14)25-11)21-18(24)20-13-6-4-12(5-7-13)17(22)23/h8,12-13,15H,4-7,9-10H2,1-3H3,(H,22,23)(H2,20,21,24). The highest BCUT2D eigenvalue weighted by atomic mass is 16.4. The number of urea groups is 1. The van der Waals surface area contributed by atoms with Gasteiger partial charge >= 0.3 is 12.0 Å². The lowest BCUT2D eigenvalue weighted by atomic mass is 9.75. The van der Waals surface area contributed by atoms with Crippen LogP contribution in [0.2, 0.25) is 0 Å². The molecule has 2 amide bonds. The van der Waals surface area contributed by atoms with Gasteiger partial charge in [-0.3, -0.25) is 4.79 Å². The van der Waals surface area contributed by atoms with E-state index in [9.17, 15) is 9.59 Å². The molecule has 6 nitrogen and oxygen atoms in total. The highest BCUT2D eigenvalue weighted by Crippen LogP contribution is 2.42. The van der Waals surface area contributed by atoms with E-state index in [-0.39, 0.29) is 29.4 Å². The molecule has 0 radical (unpaired) electrons. The van der Waals surface area contributed by atoms with Gasteiger partial charge < -0.3 is 20.2 Å². The Kier molecular flexibility index (Phi) is 4.80. The van der Waals surface area contributed by atoms with Gasteiger partial charge in [0.1, 0.15) is 11.5 Å². The molecular formula is C19H28N2O4. The summed E-state index contributed by atoms with van der Waals surface area (Å²) in [6, 6.07) is 1.85. The van der Waals surface area contributed by atoms with Gasteiger partial charge in [-0.15, -0.1) is 0 Å². The second-order valence-electron chi connectivity index (χ2n) is 8.34. The van der Waals surface area contributed by atoms with Gasteiger partial charge in [0.2, 0.25) is 0 Å². The zero-order valence-electron chi connectivity index (χ0n) is 15.2. The van der Waals surface area contributed by atoms with Crippen molar-refractivity contribution < 1.29 is 19.1 Å². The van der Waals surface area contributed by atoms with Crippen LogP contribution in [0.1, 0.15) is 69.1 Å². The number of rotatable bonds is 3. The van der Waals surface area contributed by atoms with Crippen molar-refractivity contribution in [1.29, 1.82) is 0 Å². The summed E-state index contributed by atoms with van der Waals surface area (Å²) < 4.78 is 5.81. The first-order valence-electron chi connectivity index (χ1n) is 9.12. The van der Waals surface area contributed by atoms with E-state index < -0.39 is 5.97 Å². The minimum Gasteiger partial charge on any atom is -0.481 e. The van der Waals surface area contributed by atoms with Crippen LogP contribution in [0.15, 0.2) is 10.5 Å². The van der Waals surface area contributed by atoms with Crippen molar-refractivity contribution in [3.63, 3.8) is 0 Å². The molecule has 2 aliphatic carbocycles. The summed E-state index contributed by atoms with van der Waals surface area (Å²) in [4.78, 5) is 23.5. The zero-order chi connectivity index (χ0) is 18.2. The SMILES string of the molecule is Cc1cc2c(o1)CC(C)(C)CC2NC(=O)NC1CCC(C(=O)O)CC1. The predicted octanol–water partition coefficient (Wildman–Crippen LogP) is 3.54. The van der Waals surface area contributed by atoms with Crippen LogP contribution in [0.4, 0.5) is 4.79 Å². The average Bonchev–Trinajstić information content (AvgIpc) is 2.86. The molecule has 6 heteroatoms. The fourth-order valence-corrected chi connectivity index (χ4v) is 4.18. The van der Waals surface area contributed by atoms with Gasteiger partial charge in [0.05, 0.1) is 12.0 Å². The molecule has 1 atom stereocenters. The summed E-state index contributed by atoms with van der Waals surface area (Å²) in [6.07, 6.45) is 4.45. The number of hydrogen-bond donors (Lipinski definition) is 3. The number of aryl methyl sites for hydroxylation is 1. The summed E-state index contributed by atoms with van der Waals surface area (Å²) in [5, 5.41) is 15.2. The smallest absolute Gasteiger partial charge is 0.315 e. The van der Waals surface area contributed by atoms with Crippen molar-refractivity contribution in [1.82, 2.24) is 10.6 Å². The predicted molar refractivity (Wildman–Crippen MR) is 93.3 cm³/mol. The quantitative estimate of drug-likeness (QED) is 0.779. The molecule has 2 aliphatic rings. The first kappa shape index (κ1) is 17.8. The Morgan fingerprint density at radius 3 is 2.52 bits per heavy atom. The maximum Gasteiger partial charge on any atom is 0.315 e. The molecule has 3 rings (SSSR count). The second-order valence-corrected chi connectivity index (χ2v) is 8.34. The van der Waals surface area contributed by atoms with Gasteiger partial charge in [-0.05, 0) is 50.5 Å². The number of carbonyl (C=O) groups excluding carboxylic acids is 1. The maximum absolute atomic E-state index is 12.5. The third-order valence-corrected chi connectivity index (χ3v) is 5.45. The molecule has 1 saturated carbocycles. The zero-order valence-corrected chi connectivity index (χ0v) is 15.2. The molecule has 1 unspecified atom stereocenters. The van der Waals surface area contributed by atoms with Gasteiger partial charge in [0, 0.05) is 18.0 Å². The minimum absolute atomic E-state index is 0.0495. The van der Waals surface area contributed by atoms with Crippen LogP contribution in [0.5, 0.6) is 0 Å². The topological polar surface area (TPSA) is 91.6 Å². The Morgan fingerprint density at radius 1 is 1.20 bits per heavy atom. The molecule has 0 saturated heterocycles. The average molecular weight is 348 g/mol. The van der Waals surface area contributed by atoms with Gasteiger partial charge in [-0.1, -0.05) is 13.8 Å². The number of fused-ring (bicyclic) bond motifs is 1. The number of amides is 2. The maximum atomic E-state index is 12.5. The van der Waals surface area contributed by atoms with E-state index in [2.05, 4.69) is 24.5 Å². The van der Waals surface area contributed by atoms with Crippen molar-refractivity contribution in [3.05, 3.63) is 23.2 Å². The van der Waals surface area contributed by atoms with E-state index in [0.29, 0.717) is 12.8 Å². The van der Waals surface area contributed by atoms with Gasteiger partial charge in [-0.2, -0.15) is 0 Å². The molecule has 3 N–H and O–H groups in total. The lowest BCUT2D eigenvalue weighted by Crippen LogP contribution is -2.46. The highest BCUT2D eigenvalue weighted by molar-refractivity contribution is 5.75. The molecule has 1 aromatic heterocycles. The Balaban J connectivity index is 1.59. The number of hydrogen-bond acceptors (Lipinski definition) is 3. The Morgan fingerprint density at radius 2 is 1.88 bits per heavy atom. The normalized spacial score (nSPS) is 28.0. The van der Waals surface area contributed by atoms with Crippen LogP contribution in [-0.4, -0.2) is 23.1 Å². The lowest BCUT2D eigenvalue weighted by molar-refractivity contribution is -0.142. The van der Waals surface area contributed by atoms with Crippen LogP contribution in [0.3, 0.4) is 0 Å². The van der Waals surface area contributed by atoms with Gasteiger partial charge in [0.25, 0.3) is 0 Å². The van der Waals surface area contributed by atoms with Crippen molar-refractivity contribution >= 4 is 12.0 Å². The Bertz CT molecular complexity index is 656.